The van der Waals surface area contributed by atoms with Gasteiger partial charge in [0.05, 0.1) is 11.9 Å². The number of anilines is 1. The number of rotatable bonds is 5. The maximum absolute atomic E-state index is 12.7. The number of sulfonamides is 1. The molecule has 158 valence electrons. The van der Waals surface area contributed by atoms with Crippen molar-refractivity contribution in [1.29, 1.82) is 0 Å². The summed E-state index contributed by atoms with van der Waals surface area (Å²) in [5.74, 6) is -0.0978. The summed E-state index contributed by atoms with van der Waals surface area (Å²) in [4.78, 5) is 27.3. The second-order valence-electron chi connectivity index (χ2n) is 7.26. The molecule has 2 aromatic carbocycles. The average Bonchev–Trinajstić information content (AvgIpc) is 3.22. The van der Waals surface area contributed by atoms with E-state index in [4.69, 9.17) is 0 Å². The highest BCUT2D eigenvalue weighted by atomic mass is 32.2. The number of hydrogen-bond donors (Lipinski definition) is 1. The molecule has 1 heterocycles. The number of allylic oxidation sites excluding steroid dienone is 1. The van der Waals surface area contributed by atoms with Crippen molar-refractivity contribution in [3.8, 4) is 0 Å². The monoisotopic (exact) mass is 438 g/mol. The summed E-state index contributed by atoms with van der Waals surface area (Å²) in [6.07, 6.45) is 2.93. The molecule has 0 saturated heterocycles. The van der Waals surface area contributed by atoms with Crippen LogP contribution in [0.25, 0.3) is 6.08 Å². The molecule has 0 amide bonds. The van der Waals surface area contributed by atoms with Gasteiger partial charge in [0.25, 0.3) is 10.0 Å². The van der Waals surface area contributed by atoms with E-state index in [1.165, 1.54) is 35.9 Å². The SMILES string of the molecule is Cc1ccc(S(=O)(=O)Nc2ccc3c(c2)CC(=Cc2ncc([N+](=O)[O-])n2C)C3=O)cc1. The van der Waals surface area contributed by atoms with Crippen LogP contribution in [0.15, 0.2) is 59.1 Å². The first kappa shape index (κ1) is 20.5. The molecule has 0 radical (unpaired) electrons. The zero-order valence-corrected chi connectivity index (χ0v) is 17.5. The Kier molecular flexibility index (Phi) is 4.94. The maximum Gasteiger partial charge on any atom is 0.342 e. The highest BCUT2D eigenvalue weighted by Crippen LogP contribution is 2.31. The lowest BCUT2D eigenvalue weighted by molar-refractivity contribution is -0.391. The van der Waals surface area contributed by atoms with Gasteiger partial charge in [-0.15, -0.1) is 0 Å². The van der Waals surface area contributed by atoms with E-state index < -0.39 is 14.9 Å². The second kappa shape index (κ2) is 7.47. The van der Waals surface area contributed by atoms with Gasteiger partial charge in [-0.25, -0.2) is 18.0 Å². The summed E-state index contributed by atoms with van der Waals surface area (Å²) < 4.78 is 29.1. The van der Waals surface area contributed by atoms with Crippen LogP contribution in [0.4, 0.5) is 11.5 Å². The summed E-state index contributed by atoms with van der Waals surface area (Å²) in [6.45, 7) is 1.87. The number of hydrogen-bond acceptors (Lipinski definition) is 6. The van der Waals surface area contributed by atoms with Crippen molar-refractivity contribution in [3.63, 3.8) is 0 Å². The van der Waals surface area contributed by atoms with Crippen molar-refractivity contribution in [2.24, 2.45) is 7.05 Å². The number of aromatic nitrogens is 2. The highest BCUT2D eigenvalue weighted by Gasteiger charge is 2.27. The van der Waals surface area contributed by atoms with Crippen LogP contribution in [0.2, 0.25) is 0 Å². The standard InChI is InChI=1S/C21H18N4O5S/c1-13-3-6-17(7-4-13)31(29,30)23-16-5-8-18-14(10-16)9-15(21(18)26)11-19-22-12-20(24(19)2)25(27)28/h3-8,10-12,23H,9H2,1-2H3. The van der Waals surface area contributed by atoms with Crippen molar-refractivity contribution in [2.45, 2.75) is 18.2 Å². The van der Waals surface area contributed by atoms with Gasteiger partial charge in [-0.3, -0.25) is 9.52 Å². The van der Waals surface area contributed by atoms with Gasteiger partial charge < -0.3 is 10.1 Å². The number of Topliss-reactive ketones (excluding diaryl/α,β-unsaturated/α-hetero) is 1. The summed E-state index contributed by atoms with van der Waals surface area (Å²) >= 11 is 0. The number of nitrogens with zero attached hydrogens (tertiary/aromatic N) is 3. The fourth-order valence-corrected chi connectivity index (χ4v) is 4.45. The summed E-state index contributed by atoms with van der Waals surface area (Å²) in [5, 5.41) is 11.0. The third kappa shape index (κ3) is 3.84. The molecule has 0 saturated carbocycles. The van der Waals surface area contributed by atoms with E-state index in [1.54, 1.807) is 24.3 Å². The average molecular weight is 438 g/mol. The number of aryl methyl sites for hydroxylation is 1. The Morgan fingerprint density at radius 3 is 2.55 bits per heavy atom. The van der Waals surface area contributed by atoms with E-state index in [2.05, 4.69) is 9.71 Å². The largest absolute Gasteiger partial charge is 0.358 e. The van der Waals surface area contributed by atoms with E-state index in [0.717, 1.165) is 11.8 Å². The molecular weight excluding hydrogens is 420 g/mol. The number of fused-ring (bicyclic) bond motifs is 1. The van der Waals surface area contributed by atoms with Crippen LogP contribution in [0.5, 0.6) is 0 Å². The van der Waals surface area contributed by atoms with Crippen LogP contribution in [0.1, 0.15) is 27.3 Å². The lowest BCUT2D eigenvalue weighted by atomic mass is 10.1. The quantitative estimate of drug-likeness (QED) is 0.370. The smallest absolute Gasteiger partial charge is 0.342 e. The van der Waals surface area contributed by atoms with Crippen LogP contribution >= 0.6 is 0 Å². The number of carbonyl (C=O) groups excluding carboxylic acids is 1. The Balaban J connectivity index is 1.60. The Bertz CT molecular complexity index is 1350. The summed E-state index contributed by atoms with van der Waals surface area (Å²) in [7, 11) is -2.26. The van der Waals surface area contributed by atoms with Crippen LogP contribution < -0.4 is 4.72 Å². The zero-order valence-electron chi connectivity index (χ0n) is 16.7. The molecule has 0 bridgehead atoms. The Morgan fingerprint density at radius 1 is 1.19 bits per heavy atom. The molecule has 1 aliphatic rings. The summed E-state index contributed by atoms with van der Waals surface area (Å²) in [6, 6.07) is 11.2. The van der Waals surface area contributed by atoms with Gasteiger partial charge in [-0.2, -0.15) is 0 Å². The number of nitro groups is 1. The molecule has 10 heteroatoms. The summed E-state index contributed by atoms with van der Waals surface area (Å²) in [5.41, 5.74) is 2.86. The molecule has 31 heavy (non-hydrogen) atoms. The van der Waals surface area contributed by atoms with E-state index in [9.17, 15) is 23.3 Å². The molecule has 0 unspecified atom stereocenters. The first-order valence-electron chi connectivity index (χ1n) is 9.29. The minimum atomic E-state index is -3.76. The van der Waals surface area contributed by atoms with Crippen molar-refractivity contribution in [2.75, 3.05) is 4.72 Å². The molecule has 9 nitrogen and oxygen atoms in total. The van der Waals surface area contributed by atoms with E-state index >= 15 is 0 Å². The normalized spacial score (nSPS) is 14.6. The van der Waals surface area contributed by atoms with E-state index in [1.807, 2.05) is 6.92 Å². The fraction of sp³-hybridized carbons (Fsp3) is 0.143. The lowest BCUT2D eigenvalue weighted by Gasteiger charge is -2.09. The van der Waals surface area contributed by atoms with Crippen LogP contribution in [-0.4, -0.2) is 28.7 Å². The number of imidazole rings is 1. The Hall–Kier alpha value is -3.79. The topological polar surface area (TPSA) is 124 Å². The Morgan fingerprint density at radius 2 is 1.90 bits per heavy atom. The Labute approximate surface area is 178 Å². The van der Waals surface area contributed by atoms with Gasteiger partial charge in [0, 0.05) is 29.3 Å². The van der Waals surface area contributed by atoms with Crippen LogP contribution in [0.3, 0.4) is 0 Å². The van der Waals surface area contributed by atoms with Gasteiger partial charge in [0.2, 0.25) is 5.82 Å². The minimum Gasteiger partial charge on any atom is -0.358 e. The fourth-order valence-electron chi connectivity index (χ4n) is 3.41. The molecule has 0 spiro atoms. The number of ketones is 1. The number of carbonyl (C=O) groups is 1. The number of benzene rings is 2. The lowest BCUT2D eigenvalue weighted by Crippen LogP contribution is -2.13. The van der Waals surface area contributed by atoms with Gasteiger partial charge in [0.15, 0.2) is 5.78 Å². The molecule has 3 aromatic rings. The molecule has 1 aromatic heterocycles. The molecule has 1 aliphatic carbocycles. The highest BCUT2D eigenvalue weighted by molar-refractivity contribution is 7.92. The van der Waals surface area contributed by atoms with Crippen molar-refractivity contribution in [3.05, 3.63) is 86.9 Å². The first-order valence-corrected chi connectivity index (χ1v) is 10.8. The molecule has 1 N–H and O–H groups in total. The molecule has 0 fully saturated rings. The molecule has 0 atom stereocenters. The van der Waals surface area contributed by atoms with Gasteiger partial charge in [-0.1, -0.05) is 17.7 Å². The minimum absolute atomic E-state index is 0.145. The molecule has 0 aliphatic heterocycles. The zero-order chi connectivity index (χ0) is 22.3. The van der Waals surface area contributed by atoms with E-state index in [0.29, 0.717) is 28.2 Å². The predicted molar refractivity (Wildman–Crippen MR) is 114 cm³/mol. The second-order valence-corrected chi connectivity index (χ2v) is 8.94. The van der Waals surface area contributed by atoms with Gasteiger partial charge >= 0.3 is 5.82 Å². The molecular formula is C21H18N4O5S. The predicted octanol–water partition coefficient (Wildman–Crippen LogP) is 3.26. The first-order chi connectivity index (χ1) is 14.7. The van der Waals surface area contributed by atoms with Gasteiger partial charge in [0.1, 0.15) is 6.20 Å². The third-order valence-electron chi connectivity index (χ3n) is 5.10. The number of nitrogens with one attached hydrogen (secondary N) is 1. The molecule has 4 rings (SSSR count). The third-order valence-corrected chi connectivity index (χ3v) is 6.49. The van der Waals surface area contributed by atoms with Crippen molar-refractivity contribution < 1.29 is 18.1 Å². The van der Waals surface area contributed by atoms with Crippen LogP contribution in [-0.2, 0) is 23.5 Å². The van der Waals surface area contributed by atoms with Crippen LogP contribution in [0, 0.1) is 17.0 Å². The van der Waals surface area contributed by atoms with Gasteiger partial charge in [-0.05, 0) is 47.7 Å². The van der Waals surface area contributed by atoms with Crippen molar-refractivity contribution >= 4 is 33.4 Å². The maximum atomic E-state index is 12.7. The van der Waals surface area contributed by atoms with E-state index in [-0.39, 0.29) is 22.9 Å². The van der Waals surface area contributed by atoms with Crippen molar-refractivity contribution in [1.82, 2.24) is 9.55 Å².